The highest BCUT2D eigenvalue weighted by Crippen LogP contribution is 2.40. The Morgan fingerprint density at radius 3 is 2.30 bits per heavy atom. The number of carbonyl (C=O) groups excluding carboxylic acids is 2. The van der Waals surface area contributed by atoms with E-state index < -0.39 is 11.9 Å². The molecule has 7 heteroatoms. The second-order valence-corrected chi connectivity index (χ2v) is 6.81. The lowest BCUT2D eigenvalue weighted by Crippen LogP contribution is -2.11. The Kier molecular flexibility index (Phi) is 4.50. The van der Waals surface area contributed by atoms with Crippen LogP contribution in [0.5, 0.6) is 0 Å². The zero-order chi connectivity index (χ0) is 16.6. The molecule has 0 aliphatic carbocycles. The Bertz CT molecular complexity index is 782. The van der Waals surface area contributed by atoms with Crippen molar-refractivity contribution in [3.8, 4) is 11.3 Å². The molecule has 1 aliphatic rings. The number of rotatable bonds is 3. The van der Waals surface area contributed by atoms with Crippen LogP contribution in [0.3, 0.4) is 0 Å². The second-order valence-electron chi connectivity index (χ2n) is 4.94. The zero-order valence-corrected chi connectivity index (χ0v) is 15.0. The summed E-state index contributed by atoms with van der Waals surface area (Å²) < 4.78 is 12.7. The third-order valence-electron chi connectivity index (χ3n) is 3.73. The fourth-order valence-electron chi connectivity index (χ4n) is 2.72. The van der Waals surface area contributed by atoms with Crippen LogP contribution >= 0.6 is 27.7 Å². The standard InChI is InChI=1S/C16H14BrNO4S/c1-21-15(19)12-11-7-23-8-18(11)14(13(12)16(20)22-2)9-3-5-10(17)6-4-9/h3-6H,7-8H2,1-2H3. The maximum absolute atomic E-state index is 12.4. The van der Waals surface area contributed by atoms with E-state index in [4.69, 9.17) is 9.47 Å². The van der Waals surface area contributed by atoms with Crippen molar-refractivity contribution in [3.63, 3.8) is 0 Å². The predicted octanol–water partition coefficient (Wildman–Crippen LogP) is 3.70. The molecular formula is C16H14BrNO4S. The van der Waals surface area contributed by atoms with Crippen molar-refractivity contribution < 1.29 is 19.1 Å². The summed E-state index contributed by atoms with van der Waals surface area (Å²) in [6.07, 6.45) is 0. The highest BCUT2D eigenvalue weighted by atomic mass is 79.9. The molecule has 0 unspecified atom stereocenters. The molecule has 1 aliphatic heterocycles. The highest BCUT2D eigenvalue weighted by molar-refractivity contribution is 9.10. The summed E-state index contributed by atoms with van der Waals surface area (Å²) in [5.41, 5.74) is 2.94. The van der Waals surface area contributed by atoms with E-state index in [1.165, 1.54) is 14.2 Å². The van der Waals surface area contributed by atoms with Gasteiger partial charge in [0.05, 0.1) is 31.4 Å². The first-order valence-corrected chi connectivity index (χ1v) is 8.79. The highest BCUT2D eigenvalue weighted by Gasteiger charge is 2.34. The normalized spacial score (nSPS) is 12.8. The predicted molar refractivity (Wildman–Crippen MR) is 91.5 cm³/mol. The van der Waals surface area contributed by atoms with Crippen molar-refractivity contribution in [1.29, 1.82) is 0 Å². The molecule has 3 rings (SSSR count). The summed E-state index contributed by atoms with van der Waals surface area (Å²) in [6.45, 7) is 0. The largest absolute Gasteiger partial charge is 0.465 e. The van der Waals surface area contributed by atoms with Gasteiger partial charge in [0.1, 0.15) is 5.56 Å². The Labute approximate surface area is 146 Å². The second kappa shape index (κ2) is 6.41. The number of fused-ring (bicyclic) bond motifs is 1. The molecule has 0 N–H and O–H groups in total. The molecule has 0 amide bonds. The first-order chi connectivity index (χ1) is 11.1. The van der Waals surface area contributed by atoms with Crippen LogP contribution in [0, 0.1) is 0 Å². The van der Waals surface area contributed by atoms with E-state index in [-0.39, 0.29) is 5.56 Å². The number of benzene rings is 1. The summed E-state index contributed by atoms with van der Waals surface area (Å²) in [7, 11) is 2.63. The van der Waals surface area contributed by atoms with Crippen molar-refractivity contribution in [2.24, 2.45) is 0 Å². The maximum Gasteiger partial charge on any atom is 0.340 e. The molecule has 2 aromatic rings. The van der Waals surface area contributed by atoms with Gasteiger partial charge < -0.3 is 14.0 Å². The Balaban J connectivity index is 2.31. The third-order valence-corrected chi connectivity index (χ3v) is 5.17. The molecule has 2 heterocycles. The van der Waals surface area contributed by atoms with E-state index >= 15 is 0 Å². The van der Waals surface area contributed by atoms with Crippen molar-refractivity contribution in [1.82, 2.24) is 4.57 Å². The first-order valence-electron chi connectivity index (χ1n) is 6.84. The molecule has 120 valence electrons. The fourth-order valence-corrected chi connectivity index (χ4v) is 4.04. The van der Waals surface area contributed by atoms with Crippen LogP contribution in [0.4, 0.5) is 0 Å². The van der Waals surface area contributed by atoms with E-state index in [0.717, 1.165) is 15.7 Å². The molecule has 1 aromatic heterocycles. The number of ether oxygens (including phenoxy) is 2. The van der Waals surface area contributed by atoms with Gasteiger partial charge in [-0.05, 0) is 17.7 Å². The van der Waals surface area contributed by atoms with Crippen LogP contribution < -0.4 is 0 Å². The number of hydrogen-bond donors (Lipinski definition) is 0. The van der Waals surface area contributed by atoms with E-state index in [0.29, 0.717) is 22.9 Å². The van der Waals surface area contributed by atoms with Crippen LogP contribution in [-0.2, 0) is 21.1 Å². The van der Waals surface area contributed by atoms with Crippen LogP contribution in [-0.4, -0.2) is 30.7 Å². The molecular weight excluding hydrogens is 382 g/mol. The molecule has 0 bridgehead atoms. The van der Waals surface area contributed by atoms with Gasteiger partial charge >= 0.3 is 11.9 Å². The van der Waals surface area contributed by atoms with Gasteiger partial charge in [-0.1, -0.05) is 28.1 Å². The van der Waals surface area contributed by atoms with Gasteiger partial charge in [-0.3, -0.25) is 0 Å². The maximum atomic E-state index is 12.4. The van der Waals surface area contributed by atoms with Crippen molar-refractivity contribution in [2.75, 3.05) is 14.2 Å². The molecule has 0 saturated heterocycles. The van der Waals surface area contributed by atoms with Gasteiger partial charge in [0.25, 0.3) is 0 Å². The topological polar surface area (TPSA) is 57.5 Å². The van der Waals surface area contributed by atoms with Crippen LogP contribution in [0.2, 0.25) is 0 Å². The minimum Gasteiger partial charge on any atom is -0.465 e. The lowest BCUT2D eigenvalue weighted by molar-refractivity contribution is 0.0556. The number of halogens is 1. The monoisotopic (exact) mass is 395 g/mol. The SMILES string of the molecule is COC(=O)c1c(C(=O)OC)c(-c2ccc(Br)cc2)n2c1CSC2. The van der Waals surface area contributed by atoms with Gasteiger partial charge in [-0.2, -0.15) is 0 Å². The van der Waals surface area contributed by atoms with Crippen LogP contribution in [0.1, 0.15) is 26.4 Å². The number of carbonyl (C=O) groups is 2. The Morgan fingerprint density at radius 2 is 1.70 bits per heavy atom. The fraction of sp³-hybridized carbons (Fsp3) is 0.250. The Morgan fingerprint density at radius 1 is 1.09 bits per heavy atom. The van der Waals surface area contributed by atoms with Crippen molar-refractivity contribution in [2.45, 2.75) is 11.6 Å². The van der Waals surface area contributed by atoms with E-state index in [9.17, 15) is 9.59 Å². The number of methoxy groups -OCH3 is 2. The molecule has 0 spiro atoms. The van der Waals surface area contributed by atoms with E-state index in [1.807, 2.05) is 28.8 Å². The summed E-state index contributed by atoms with van der Waals surface area (Å²) in [5, 5.41) is 0. The number of aromatic nitrogens is 1. The third kappa shape index (κ3) is 2.68. The van der Waals surface area contributed by atoms with Crippen LogP contribution in [0.15, 0.2) is 28.7 Å². The van der Waals surface area contributed by atoms with Gasteiger partial charge in [-0.25, -0.2) is 9.59 Å². The molecule has 0 radical (unpaired) electrons. The number of nitrogens with zero attached hydrogens (tertiary/aromatic N) is 1. The quantitative estimate of drug-likeness (QED) is 0.741. The molecule has 0 saturated carbocycles. The minimum atomic E-state index is -0.532. The van der Waals surface area contributed by atoms with Gasteiger partial charge in [0.15, 0.2) is 0 Å². The number of esters is 2. The van der Waals surface area contributed by atoms with Gasteiger partial charge in [-0.15, -0.1) is 11.8 Å². The summed E-state index contributed by atoms with van der Waals surface area (Å²) >= 11 is 5.09. The minimum absolute atomic E-state index is 0.275. The molecule has 23 heavy (non-hydrogen) atoms. The Hall–Kier alpha value is -1.73. The average molecular weight is 396 g/mol. The first kappa shape index (κ1) is 16.1. The van der Waals surface area contributed by atoms with Crippen molar-refractivity contribution >= 4 is 39.6 Å². The average Bonchev–Trinajstić information content (AvgIpc) is 3.14. The summed E-state index contributed by atoms with van der Waals surface area (Å²) in [5.74, 6) is 0.294. The zero-order valence-electron chi connectivity index (χ0n) is 12.6. The van der Waals surface area contributed by atoms with Crippen molar-refractivity contribution in [3.05, 3.63) is 45.6 Å². The number of thioether (sulfide) groups is 1. The molecule has 5 nitrogen and oxygen atoms in total. The lowest BCUT2D eigenvalue weighted by atomic mass is 10.0. The summed E-state index contributed by atoms with van der Waals surface area (Å²) in [6, 6.07) is 7.61. The van der Waals surface area contributed by atoms with Gasteiger partial charge in [0, 0.05) is 15.9 Å². The molecule has 0 atom stereocenters. The lowest BCUT2D eigenvalue weighted by Gasteiger charge is -2.09. The summed E-state index contributed by atoms with van der Waals surface area (Å²) in [4.78, 5) is 24.6. The smallest absolute Gasteiger partial charge is 0.340 e. The van der Waals surface area contributed by atoms with E-state index in [2.05, 4.69) is 15.9 Å². The van der Waals surface area contributed by atoms with E-state index in [1.54, 1.807) is 11.8 Å². The molecule has 0 fully saturated rings. The number of hydrogen-bond acceptors (Lipinski definition) is 5. The van der Waals surface area contributed by atoms with Gasteiger partial charge in [0.2, 0.25) is 0 Å². The van der Waals surface area contributed by atoms with Crippen LogP contribution in [0.25, 0.3) is 11.3 Å². The molecule has 1 aromatic carbocycles.